The fourth-order valence-corrected chi connectivity index (χ4v) is 6.11. The first-order chi connectivity index (χ1) is 13.8. The summed E-state index contributed by atoms with van der Waals surface area (Å²) in [5.74, 6) is 1.97. The fourth-order valence-electron chi connectivity index (χ4n) is 4.58. The van der Waals surface area contributed by atoms with Gasteiger partial charge in [0.2, 0.25) is 0 Å². The van der Waals surface area contributed by atoms with E-state index in [0.29, 0.717) is 0 Å². The van der Waals surface area contributed by atoms with Gasteiger partial charge in [0, 0.05) is 18.5 Å². The summed E-state index contributed by atoms with van der Waals surface area (Å²) in [5.41, 5.74) is 4.87. The normalized spacial score (nSPS) is 16.5. The monoisotopic (exact) mass is 408 g/mol. The zero-order valence-electron chi connectivity index (χ0n) is 15.7. The lowest BCUT2D eigenvalue weighted by Crippen LogP contribution is -2.19. The maximum absolute atomic E-state index is 5.71. The summed E-state index contributed by atoms with van der Waals surface area (Å²) in [7, 11) is 0. The van der Waals surface area contributed by atoms with Crippen LogP contribution in [0.3, 0.4) is 0 Å². The maximum Gasteiger partial charge on any atom is 0.189 e. The lowest BCUT2D eigenvalue weighted by molar-refractivity contribution is 0.579. The number of rotatable bonds is 3. The molecule has 5 nitrogen and oxygen atoms in total. The van der Waals surface area contributed by atoms with Crippen LogP contribution in [0.4, 0.5) is 5.82 Å². The molecule has 1 saturated heterocycles. The Hall–Kier alpha value is -2.12. The van der Waals surface area contributed by atoms with Crippen LogP contribution in [-0.4, -0.2) is 34.3 Å². The fraction of sp³-hybridized carbons (Fsp3) is 0.381. The van der Waals surface area contributed by atoms with Gasteiger partial charge in [-0.25, -0.2) is 15.0 Å². The van der Waals surface area contributed by atoms with Crippen LogP contribution < -0.4 is 4.90 Å². The number of thioether (sulfide) groups is 1. The van der Waals surface area contributed by atoms with Crippen LogP contribution in [0.15, 0.2) is 28.0 Å². The van der Waals surface area contributed by atoms with Crippen molar-refractivity contribution in [3.63, 3.8) is 0 Å². The van der Waals surface area contributed by atoms with E-state index < -0.39 is 0 Å². The molecule has 0 spiro atoms. The standard InChI is InChI=1S/C21H20N4OS2/c1-27-21-23-17-15-12-6-4-7-13(12)16(14-8-5-11-26-14)22-20(15)28-18(17)19(24-21)25-9-2-3-10-25/h5,8,11H,2-4,6-7,9-10H2,1H3. The summed E-state index contributed by atoms with van der Waals surface area (Å²) < 4.78 is 6.90. The lowest BCUT2D eigenvalue weighted by atomic mass is 10.0. The molecule has 0 radical (unpaired) electrons. The van der Waals surface area contributed by atoms with E-state index in [0.717, 1.165) is 58.7 Å². The number of hydrogen-bond donors (Lipinski definition) is 0. The molecule has 4 aromatic rings. The average molecular weight is 409 g/mol. The first-order valence-corrected chi connectivity index (χ1v) is 11.9. The Morgan fingerprint density at radius 3 is 2.71 bits per heavy atom. The summed E-state index contributed by atoms with van der Waals surface area (Å²) in [6, 6.07) is 3.95. The van der Waals surface area contributed by atoms with E-state index in [1.54, 1.807) is 29.4 Å². The number of aromatic nitrogens is 3. The second kappa shape index (κ2) is 6.46. The molecule has 7 heteroatoms. The highest BCUT2D eigenvalue weighted by Gasteiger charge is 2.27. The molecule has 6 rings (SSSR count). The van der Waals surface area contributed by atoms with Crippen LogP contribution in [0.1, 0.15) is 30.4 Å². The van der Waals surface area contributed by atoms with Gasteiger partial charge in [-0.05, 0) is 61.6 Å². The Bertz CT molecular complexity index is 1190. The van der Waals surface area contributed by atoms with Gasteiger partial charge in [-0.15, -0.1) is 11.3 Å². The number of nitrogens with zero attached hydrogens (tertiary/aromatic N) is 4. The quantitative estimate of drug-likeness (QED) is 0.338. The average Bonchev–Trinajstić information content (AvgIpc) is 3.52. The first kappa shape index (κ1) is 16.8. The Kier molecular flexibility index (Phi) is 3.87. The van der Waals surface area contributed by atoms with E-state index in [-0.39, 0.29) is 0 Å². The smallest absolute Gasteiger partial charge is 0.189 e. The van der Waals surface area contributed by atoms with Crippen LogP contribution in [-0.2, 0) is 12.8 Å². The highest BCUT2D eigenvalue weighted by Crippen LogP contribution is 2.45. The summed E-state index contributed by atoms with van der Waals surface area (Å²) in [6.07, 6.45) is 9.58. The number of aryl methyl sites for hydroxylation is 1. The van der Waals surface area contributed by atoms with Crippen molar-refractivity contribution in [2.75, 3.05) is 24.2 Å². The summed E-state index contributed by atoms with van der Waals surface area (Å²) >= 11 is 3.37. The Morgan fingerprint density at radius 2 is 1.93 bits per heavy atom. The Labute approximate surface area is 171 Å². The van der Waals surface area contributed by atoms with Crippen molar-refractivity contribution in [3.05, 3.63) is 29.5 Å². The van der Waals surface area contributed by atoms with Gasteiger partial charge in [0.05, 0.1) is 16.5 Å². The third-order valence-electron chi connectivity index (χ3n) is 5.84. The second-order valence-electron chi connectivity index (χ2n) is 7.44. The molecular weight excluding hydrogens is 388 g/mol. The number of furan rings is 1. The van der Waals surface area contributed by atoms with Crippen LogP contribution >= 0.6 is 23.1 Å². The highest BCUT2D eigenvalue weighted by molar-refractivity contribution is 7.98. The van der Waals surface area contributed by atoms with E-state index in [2.05, 4.69) is 11.2 Å². The van der Waals surface area contributed by atoms with Crippen molar-refractivity contribution in [1.82, 2.24) is 15.0 Å². The molecule has 1 aliphatic carbocycles. The van der Waals surface area contributed by atoms with Gasteiger partial charge in [0.25, 0.3) is 0 Å². The van der Waals surface area contributed by atoms with Gasteiger partial charge in [0.15, 0.2) is 16.7 Å². The first-order valence-electron chi connectivity index (χ1n) is 9.82. The number of fused-ring (bicyclic) bond motifs is 5. The molecule has 0 saturated carbocycles. The molecule has 0 N–H and O–H groups in total. The van der Waals surface area contributed by atoms with Gasteiger partial charge < -0.3 is 9.32 Å². The minimum Gasteiger partial charge on any atom is -0.463 e. The van der Waals surface area contributed by atoms with E-state index in [1.807, 2.05) is 12.1 Å². The molecule has 0 atom stereocenters. The number of pyridine rings is 1. The van der Waals surface area contributed by atoms with Crippen molar-refractivity contribution in [2.45, 2.75) is 37.3 Å². The Balaban J connectivity index is 1.69. The molecule has 28 heavy (non-hydrogen) atoms. The molecule has 0 unspecified atom stereocenters. The van der Waals surface area contributed by atoms with Crippen molar-refractivity contribution in [1.29, 1.82) is 0 Å². The zero-order chi connectivity index (χ0) is 18.7. The van der Waals surface area contributed by atoms with Crippen molar-refractivity contribution in [3.8, 4) is 11.5 Å². The summed E-state index contributed by atoms with van der Waals surface area (Å²) in [5, 5.41) is 2.11. The van der Waals surface area contributed by atoms with Crippen LogP contribution in [0.25, 0.3) is 31.9 Å². The molecule has 4 aromatic heterocycles. The highest BCUT2D eigenvalue weighted by atomic mass is 32.2. The SMILES string of the molecule is CSc1nc(N2CCCC2)c2sc3nc(-c4ccco4)c4c(c3c2n1)CCC4. The van der Waals surface area contributed by atoms with Crippen molar-refractivity contribution < 1.29 is 4.42 Å². The number of thiophene rings is 1. The third kappa shape index (κ3) is 2.42. The molecule has 1 fully saturated rings. The molecule has 0 aromatic carbocycles. The minimum atomic E-state index is 0.857. The predicted molar refractivity (Wildman–Crippen MR) is 116 cm³/mol. The van der Waals surface area contributed by atoms with Crippen LogP contribution in [0, 0.1) is 0 Å². The van der Waals surface area contributed by atoms with Gasteiger partial charge in [-0.3, -0.25) is 0 Å². The molecule has 0 amide bonds. The predicted octanol–water partition coefficient (Wildman–Crippen LogP) is 5.31. The van der Waals surface area contributed by atoms with Gasteiger partial charge in [-0.1, -0.05) is 11.8 Å². The van der Waals surface area contributed by atoms with Gasteiger partial charge in [0.1, 0.15) is 10.5 Å². The summed E-state index contributed by atoms with van der Waals surface area (Å²) in [4.78, 5) is 18.4. The second-order valence-corrected chi connectivity index (χ2v) is 9.21. The van der Waals surface area contributed by atoms with Crippen LogP contribution in [0.5, 0.6) is 0 Å². The molecule has 1 aliphatic heterocycles. The number of anilines is 1. The van der Waals surface area contributed by atoms with Crippen LogP contribution in [0.2, 0.25) is 0 Å². The van der Waals surface area contributed by atoms with Crippen molar-refractivity contribution in [2.24, 2.45) is 0 Å². The molecule has 142 valence electrons. The van der Waals surface area contributed by atoms with Gasteiger partial charge >= 0.3 is 0 Å². The van der Waals surface area contributed by atoms with Gasteiger partial charge in [-0.2, -0.15) is 0 Å². The van der Waals surface area contributed by atoms with Crippen molar-refractivity contribution >= 4 is 49.3 Å². The lowest BCUT2D eigenvalue weighted by Gasteiger charge is -2.17. The van der Waals surface area contributed by atoms with E-state index >= 15 is 0 Å². The summed E-state index contributed by atoms with van der Waals surface area (Å²) in [6.45, 7) is 2.16. The maximum atomic E-state index is 5.71. The Morgan fingerprint density at radius 1 is 1.07 bits per heavy atom. The number of hydrogen-bond acceptors (Lipinski definition) is 7. The van der Waals surface area contributed by atoms with E-state index in [1.165, 1.54) is 40.5 Å². The molecular formula is C21H20N4OS2. The topological polar surface area (TPSA) is 55.1 Å². The molecule has 0 bridgehead atoms. The van der Waals surface area contributed by atoms with E-state index in [4.69, 9.17) is 19.4 Å². The largest absolute Gasteiger partial charge is 0.463 e. The van der Waals surface area contributed by atoms with E-state index in [9.17, 15) is 0 Å². The third-order valence-corrected chi connectivity index (χ3v) is 7.45. The molecule has 2 aliphatic rings. The molecule has 5 heterocycles. The minimum absolute atomic E-state index is 0.857. The zero-order valence-corrected chi connectivity index (χ0v) is 17.3.